The molecular formula is C38H32Cl2N2O10S. The fraction of sp³-hybridized carbons (Fsp3) is 0.158. The van der Waals surface area contributed by atoms with Gasteiger partial charge in [-0.2, -0.15) is 0 Å². The molecule has 0 unspecified atom stereocenters. The highest BCUT2D eigenvalue weighted by atomic mass is 35.5. The van der Waals surface area contributed by atoms with E-state index in [1.165, 1.54) is 78.3 Å². The summed E-state index contributed by atoms with van der Waals surface area (Å²) < 4.78 is 32.5. The van der Waals surface area contributed by atoms with Crippen LogP contribution in [0.1, 0.15) is 31.8 Å². The van der Waals surface area contributed by atoms with Gasteiger partial charge in [-0.15, -0.1) is 11.3 Å². The van der Waals surface area contributed by atoms with Crippen molar-refractivity contribution < 1.29 is 47.6 Å². The molecule has 0 aliphatic rings. The molecule has 0 aliphatic heterocycles. The van der Waals surface area contributed by atoms with E-state index in [0.717, 1.165) is 0 Å². The maximum Gasteiger partial charge on any atom is 0.339 e. The minimum Gasteiger partial charge on any atom is -0.493 e. The lowest BCUT2D eigenvalue weighted by Gasteiger charge is -2.11. The highest BCUT2D eigenvalue weighted by Gasteiger charge is 2.22. The Hall–Kier alpha value is -5.76. The van der Waals surface area contributed by atoms with Crippen LogP contribution in [-0.2, 0) is 19.1 Å². The van der Waals surface area contributed by atoms with E-state index >= 15 is 0 Å². The topological polar surface area (TPSA) is 148 Å². The van der Waals surface area contributed by atoms with Crippen molar-refractivity contribution in [3.05, 3.63) is 93.0 Å². The van der Waals surface area contributed by atoms with Gasteiger partial charge in [0.25, 0.3) is 0 Å². The molecule has 0 bridgehead atoms. The average Bonchev–Trinajstić information content (AvgIpc) is 3.51. The number of methoxy groups -OCH3 is 6. The van der Waals surface area contributed by atoms with Crippen LogP contribution in [0.2, 0.25) is 10.0 Å². The summed E-state index contributed by atoms with van der Waals surface area (Å²) in [5.41, 5.74) is 1.51. The van der Waals surface area contributed by atoms with Crippen molar-refractivity contribution in [3.8, 4) is 23.0 Å². The molecule has 0 saturated heterocycles. The molecule has 15 heteroatoms. The number of nitrogens with one attached hydrogen (secondary N) is 2. The molecule has 1 heterocycles. The van der Waals surface area contributed by atoms with Crippen molar-refractivity contribution >= 4 is 102 Å². The highest BCUT2D eigenvalue weighted by Crippen LogP contribution is 2.41. The van der Waals surface area contributed by atoms with Gasteiger partial charge in [-0.3, -0.25) is 9.59 Å². The number of hydrogen-bond acceptors (Lipinski definition) is 11. The number of anilines is 2. The van der Waals surface area contributed by atoms with Crippen molar-refractivity contribution in [3.63, 3.8) is 0 Å². The molecule has 2 amide bonds. The van der Waals surface area contributed by atoms with Crippen LogP contribution in [0, 0.1) is 0 Å². The first kappa shape index (κ1) is 38.5. The van der Waals surface area contributed by atoms with Crippen LogP contribution in [0.4, 0.5) is 11.4 Å². The number of esters is 2. The van der Waals surface area contributed by atoms with Gasteiger partial charge < -0.3 is 39.1 Å². The Morgan fingerprint density at radius 2 is 0.981 bits per heavy atom. The Morgan fingerprint density at radius 1 is 0.585 bits per heavy atom. The number of carbonyl (C=O) groups is 4. The summed E-state index contributed by atoms with van der Waals surface area (Å²) in [6.07, 6.45) is 5.51. The molecule has 4 aromatic carbocycles. The lowest BCUT2D eigenvalue weighted by molar-refractivity contribution is -0.112. The largest absolute Gasteiger partial charge is 0.493 e. The van der Waals surface area contributed by atoms with Crippen molar-refractivity contribution in [2.75, 3.05) is 53.3 Å². The number of rotatable bonds is 12. The number of carbonyl (C=O) groups excluding carboxylic acids is 4. The van der Waals surface area contributed by atoms with E-state index in [9.17, 15) is 19.2 Å². The summed E-state index contributed by atoms with van der Waals surface area (Å²) >= 11 is 14.2. The second kappa shape index (κ2) is 16.7. The Kier molecular flexibility index (Phi) is 12.1. The molecule has 53 heavy (non-hydrogen) atoms. The first-order chi connectivity index (χ1) is 25.5. The van der Waals surface area contributed by atoms with E-state index in [-0.39, 0.29) is 32.5 Å². The predicted octanol–water partition coefficient (Wildman–Crippen LogP) is 8.27. The third-order valence-corrected chi connectivity index (χ3v) is 9.83. The Balaban J connectivity index is 1.49. The van der Waals surface area contributed by atoms with E-state index < -0.39 is 23.8 Å². The summed E-state index contributed by atoms with van der Waals surface area (Å²) in [5, 5.41) is 7.18. The van der Waals surface area contributed by atoms with E-state index in [1.54, 1.807) is 48.5 Å². The number of halogens is 2. The minimum absolute atomic E-state index is 0.0709. The van der Waals surface area contributed by atoms with Gasteiger partial charge in [0.1, 0.15) is 0 Å². The van der Waals surface area contributed by atoms with Gasteiger partial charge in [0.05, 0.1) is 75.2 Å². The van der Waals surface area contributed by atoms with Crippen LogP contribution in [0.25, 0.3) is 32.3 Å². The highest BCUT2D eigenvalue weighted by molar-refractivity contribution is 7.25. The SMILES string of the molecule is COC(=O)c1cc2c(cc1NC(=O)C=Cc1ccc(OC)c(OC)c1Cl)sc1cc(NC(=O)C=Cc3ccc(OC)c(OC)c3Cl)c(C(=O)OC)cc12. The summed E-state index contributed by atoms with van der Waals surface area (Å²) in [6, 6.07) is 13.0. The third kappa shape index (κ3) is 8.02. The summed E-state index contributed by atoms with van der Waals surface area (Å²) in [6.45, 7) is 0. The smallest absolute Gasteiger partial charge is 0.339 e. The molecule has 274 valence electrons. The number of amides is 2. The second-order valence-corrected chi connectivity index (χ2v) is 12.8. The van der Waals surface area contributed by atoms with Crippen LogP contribution < -0.4 is 29.6 Å². The van der Waals surface area contributed by atoms with Crippen molar-refractivity contribution in [1.82, 2.24) is 0 Å². The first-order valence-corrected chi connectivity index (χ1v) is 17.1. The number of benzene rings is 4. The molecule has 0 spiro atoms. The minimum atomic E-state index is -0.702. The molecule has 0 atom stereocenters. The number of hydrogen-bond donors (Lipinski definition) is 2. The van der Waals surface area contributed by atoms with E-state index in [4.69, 9.17) is 51.6 Å². The van der Waals surface area contributed by atoms with Crippen LogP contribution in [-0.4, -0.2) is 66.4 Å². The van der Waals surface area contributed by atoms with Gasteiger partial charge >= 0.3 is 11.9 Å². The fourth-order valence-electron chi connectivity index (χ4n) is 5.38. The molecule has 0 fully saturated rings. The molecule has 12 nitrogen and oxygen atoms in total. The molecule has 0 aliphatic carbocycles. The monoisotopic (exact) mass is 778 g/mol. The fourth-order valence-corrected chi connectivity index (χ4v) is 7.12. The Morgan fingerprint density at radius 3 is 1.32 bits per heavy atom. The van der Waals surface area contributed by atoms with Gasteiger partial charge in [0.15, 0.2) is 23.0 Å². The average molecular weight is 780 g/mol. The summed E-state index contributed by atoms with van der Waals surface area (Å²) in [7, 11) is 8.32. The predicted molar refractivity (Wildman–Crippen MR) is 206 cm³/mol. The Bertz CT molecular complexity index is 2170. The van der Waals surface area contributed by atoms with Crippen LogP contribution in [0.15, 0.2) is 60.7 Å². The molecule has 2 N–H and O–H groups in total. The van der Waals surface area contributed by atoms with E-state index in [2.05, 4.69) is 10.6 Å². The van der Waals surface area contributed by atoms with Gasteiger partial charge in [0, 0.05) is 32.3 Å². The second-order valence-electron chi connectivity index (χ2n) is 10.9. The van der Waals surface area contributed by atoms with Gasteiger partial charge in [-0.05, 0) is 71.8 Å². The van der Waals surface area contributed by atoms with Gasteiger partial charge in [-0.25, -0.2) is 9.59 Å². The standard InChI is InChI=1S/C38H32Cl2N2O10S/c1-47-27-11-7-19(33(39)35(27)49-3)9-13-31(43)41-25-17-29-21(15-23(25)37(45)51-5)22-16-24(38(46)52-6)26(18-30(22)53-29)42-32(44)14-10-20-8-12-28(48-2)36(50-4)34(20)40/h7-18H,1-6H3,(H,41,43)(H,42,44). The van der Waals surface area contributed by atoms with Crippen LogP contribution >= 0.6 is 34.5 Å². The summed E-state index contributed by atoms with van der Waals surface area (Å²) in [4.78, 5) is 52.1. The number of fused-ring (bicyclic) bond motifs is 3. The van der Waals surface area contributed by atoms with Gasteiger partial charge in [-0.1, -0.05) is 23.2 Å². The zero-order chi connectivity index (χ0) is 38.4. The van der Waals surface area contributed by atoms with Crippen LogP contribution in [0.3, 0.4) is 0 Å². The van der Waals surface area contributed by atoms with E-state index in [1.807, 2.05) is 0 Å². The maximum absolute atomic E-state index is 13.1. The molecule has 1 aromatic heterocycles. The van der Waals surface area contributed by atoms with Crippen molar-refractivity contribution in [2.45, 2.75) is 0 Å². The van der Waals surface area contributed by atoms with Crippen molar-refractivity contribution in [1.29, 1.82) is 0 Å². The zero-order valence-electron chi connectivity index (χ0n) is 29.2. The quantitative estimate of drug-likeness (QED) is 0.0937. The lowest BCUT2D eigenvalue weighted by Crippen LogP contribution is -2.13. The normalized spacial score (nSPS) is 11.2. The lowest BCUT2D eigenvalue weighted by atomic mass is 10.0. The first-order valence-electron chi connectivity index (χ1n) is 15.5. The molecular weight excluding hydrogens is 747 g/mol. The van der Waals surface area contributed by atoms with E-state index in [0.29, 0.717) is 54.3 Å². The summed E-state index contributed by atoms with van der Waals surface area (Å²) in [5.74, 6) is -1.02. The van der Waals surface area contributed by atoms with Gasteiger partial charge in [0.2, 0.25) is 11.8 Å². The number of thiophene rings is 1. The number of ether oxygens (including phenoxy) is 6. The van der Waals surface area contributed by atoms with Crippen molar-refractivity contribution in [2.24, 2.45) is 0 Å². The Labute approximate surface area is 317 Å². The molecule has 5 aromatic rings. The van der Waals surface area contributed by atoms with Crippen LogP contribution in [0.5, 0.6) is 23.0 Å². The third-order valence-electron chi connectivity index (χ3n) is 7.93. The molecule has 0 saturated carbocycles. The maximum atomic E-state index is 13.1. The molecule has 5 rings (SSSR count). The molecule has 0 radical (unpaired) electrons. The zero-order valence-corrected chi connectivity index (χ0v) is 31.5.